The molecular weight excluding hydrogens is 410 g/mol. The molecule has 154 valence electrons. The highest BCUT2D eigenvalue weighted by Gasteiger charge is 2.40. The summed E-state index contributed by atoms with van der Waals surface area (Å²) in [6.07, 6.45) is -1.93. The van der Waals surface area contributed by atoms with Crippen LogP contribution in [0.25, 0.3) is 22.5 Å². The van der Waals surface area contributed by atoms with E-state index < -0.39 is 34.6 Å². The Morgan fingerprint density at radius 3 is 1.30 bits per heavy atom. The Morgan fingerprint density at radius 1 is 0.600 bits per heavy atom. The van der Waals surface area contributed by atoms with Gasteiger partial charge >= 0.3 is 12.4 Å². The van der Waals surface area contributed by atoms with Crippen molar-refractivity contribution in [2.75, 3.05) is 0 Å². The van der Waals surface area contributed by atoms with Gasteiger partial charge in [-0.15, -0.1) is 0 Å². The molecule has 0 aliphatic carbocycles. The van der Waals surface area contributed by atoms with Crippen molar-refractivity contribution in [1.82, 2.24) is 19.1 Å². The number of alkyl halides is 6. The lowest BCUT2D eigenvalue weighted by molar-refractivity contribution is -0.139. The Bertz CT molecular complexity index is 1070. The van der Waals surface area contributed by atoms with E-state index in [1.165, 1.54) is 58.7 Å². The quantitative estimate of drug-likeness (QED) is 0.394. The molecule has 0 unspecified atom stereocenters. The van der Waals surface area contributed by atoms with Gasteiger partial charge in [-0.3, -0.25) is 0 Å². The van der Waals surface area contributed by atoms with Gasteiger partial charge in [0.05, 0.1) is 35.2 Å². The molecule has 4 nitrogen and oxygen atoms in total. The summed E-state index contributed by atoms with van der Waals surface area (Å²) in [5.74, 6) is 0. The molecule has 0 radical (unpaired) electrons. The standard InChI is InChI=1S/C20H12F6N4/c21-19(22,23)13-3-1-5-15(29-9-7-27-11-29)17(13)18-14(20(24,25)26)4-2-6-16(18)30-10-8-28-12-30/h1-12H. The molecule has 2 aromatic heterocycles. The van der Waals surface area contributed by atoms with Gasteiger partial charge in [-0.05, 0) is 24.3 Å². The molecule has 0 aliphatic heterocycles. The van der Waals surface area contributed by atoms with Crippen molar-refractivity contribution in [3.05, 3.63) is 85.0 Å². The summed E-state index contributed by atoms with van der Waals surface area (Å²) in [5, 5.41) is 0. The van der Waals surface area contributed by atoms with Crippen LogP contribution in [0.1, 0.15) is 11.1 Å². The lowest BCUT2D eigenvalue weighted by Crippen LogP contribution is -2.15. The molecule has 0 atom stereocenters. The summed E-state index contributed by atoms with van der Waals surface area (Å²) in [4.78, 5) is 7.63. The minimum absolute atomic E-state index is 0.0830. The van der Waals surface area contributed by atoms with Crippen LogP contribution in [-0.2, 0) is 12.4 Å². The lowest BCUT2D eigenvalue weighted by Gasteiger charge is -2.23. The van der Waals surface area contributed by atoms with Crippen LogP contribution in [-0.4, -0.2) is 19.1 Å². The van der Waals surface area contributed by atoms with Crippen LogP contribution >= 0.6 is 0 Å². The Kier molecular flexibility index (Phi) is 4.64. The van der Waals surface area contributed by atoms with E-state index in [9.17, 15) is 26.3 Å². The molecule has 0 amide bonds. The fourth-order valence-corrected chi connectivity index (χ4v) is 3.31. The Labute approximate surface area is 166 Å². The summed E-state index contributed by atoms with van der Waals surface area (Å²) in [7, 11) is 0. The molecule has 0 aliphatic rings. The molecule has 2 aromatic carbocycles. The maximum Gasteiger partial charge on any atom is 0.417 e. The van der Waals surface area contributed by atoms with Crippen molar-refractivity contribution in [2.24, 2.45) is 0 Å². The first-order chi connectivity index (χ1) is 14.2. The normalized spacial score (nSPS) is 12.3. The van der Waals surface area contributed by atoms with Gasteiger partial charge in [0, 0.05) is 35.9 Å². The monoisotopic (exact) mass is 422 g/mol. The van der Waals surface area contributed by atoms with Crippen molar-refractivity contribution >= 4 is 0 Å². The summed E-state index contributed by atoms with van der Waals surface area (Å²) >= 11 is 0. The zero-order valence-corrected chi connectivity index (χ0v) is 15.0. The highest BCUT2D eigenvalue weighted by molar-refractivity contribution is 5.85. The maximum absolute atomic E-state index is 13.9. The van der Waals surface area contributed by atoms with E-state index in [0.29, 0.717) is 0 Å². The van der Waals surface area contributed by atoms with E-state index in [1.54, 1.807) is 0 Å². The van der Waals surface area contributed by atoms with Crippen LogP contribution in [0.5, 0.6) is 0 Å². The molecule has 30 heavy (non-hydrogen) atoms. The Morgan fingerprint density at radius 2 is 1.00 bits per heavy atom. The average Bonchev–Trinajstić information content (AvgIpc) is 3.39. The van der Waals surface area contributed by atoms with E-state index in [0.717, 1.165) is 24.3 Å². The number of nitrogens with zero attached hydrogens (tertiary/aromatic N) is 4. The molecule has 0 spiro atoms. The minimum Gasteiger partial charge on any atom is -0.306 e. The summed E-state index contributed by atoms with van der Waals surface area (Å²) in [5.41, 5.74) is -3.74. The number of hydrogen-bond acceptors (Lipinski definition) is 2. The molecule has 0 N–H and O–H groups in total. The molecule has 2 heterocycles. The van der Waals surface area contributed by atoms with Crippen LogP contribution < -0.4 is 0 Å². The van der Waals surface area contributed by atoms with Crippen molar-refractivity contribution in [2.45, 2.75) is 12.4 Å². The number of hydrogen-bond donors (Lipinski definition) is 0. The number of imidazole rings is 2. The summed E-state index contributed by atoms with van der Waals surface area (Å²) in [6, 6.07) is 6.46. The Hall–Kier alpha value is -3.56. The van der Waals surface area contributed by atoms with Gasteiger partial charge in [-0.25, -0.2) is 9.97 Å². The van der Waals surface area contributed by atoms with E-state index >= 15 is 0 Å². The second kappa shape index (κ2) is 7.05. The topological polar surface area (TPSA) is 35.6 Å². The SMILES string of the molecule is FC(F)(F)c1cccc(-n2ccnc2)c1-c1c(-n2ccnc2)cccc1C(F)(F)F. The first kappa shape index (κ1) is 19.7. The molecular formula is C20H12F6N4. The highest BCUT2D eigenvalue weighted by Crippen LogP contribution is 2.47. The first-order valence-electron chi connectivity index (χ1n) is 8.55. The van der Waals surface area contributed by atoms with Crippen LogP contribution in [0, 0.1) is 0 Å². The largest absolute Gasteiger partial charge is 0.417 e. The zero-order valence-electron chi connectivity index (χ0n) is 15.0. The number of rotatable bonds is 3. The molecule has 4 rings (SSSR count). The number of aromatic nitrogens is 4. The van der Waals surface area contributed by atoms with Gasteiger partial charge in [-0.2, -0.15) is 26.3 Å². The zero-order chi connectivity index (χ0) is 21.5. The van der Waals surface area contributed by atoms with Crippen molar-refractivity contribution in [3.63, 3.8) is 0 Å². The predicted octanol–water partition coefficient (Wildman–Crippen LogP) is 5.76. The van der Waals surface area contributed by atoms with Crippen LogP contribution in [0.4, 0.5) is 26.3 Å². The summed E-state index contributed by atoms with van der Waals surface area (Å²) in [6.45, 7) is 0. The molecule has 0 saturated carbocycles. The van der Waals surface area contributed by atoms with E-state index in [4.69, 9.17) is 0 Å². The third-order valence-electron chi connectivity index (χ3n) is 4.51. The molecule has 10 heteroatoms. The van der Waals surface area contributed by atoms with Gasteiger partial charge in [0.15, 0.2) is 0 Å². The maximum atomic E-state index is 13.9. The van der Waals surface area contributed by atoms with Crippen molar-refractivity contribution in [3.8, 4) is 22.5 Å². The van der Waals surface area contributed by atoms with Crippen LogP contribution in [0.2, 0.25) is 0 Å². The number of halogens is 6. The van der Waals surface area contributed by atoms with E-state index in [1.807, 2.05) is 0 Å². The third kappa shape index (κ3) is 3.44. The second-order valence-electron chi connectivity index (χ2n) is 6.33. The third-order valence-corrected chi connectivity index (χ3v) is 4.51. The smallest absolute Gasteiger partial charge is 0.306 e. The Balaban J connectivity index is 2.18. The predicted molar refractivity (Wildman–Crippen MR) is 96.1 cm³/mol. The molecule has 0 saturated heterocycles. The second-order valence-corrected chi connectivity index (χ2v) is 6.33. The molecule has 0 bridgehead atoms. The summed E-state index contributed by atoms with van der Waals surface area (Å²) < 4.78 is 86.1. The van der Waals surface area contributed by atoms with Gasteiger partial charge in [0.25, 0.3) is 0 Å². The fourth-order valence-electron chi connectivity index (χ4n) is 3.31. The van der Waals surface area contributed by atoms with Gasteiger partial charge < -0.3 is 9.13 Å². The first-order valence-corrected chi connectivity index (χ1v) is 8.55. The highest BCUT2D eigenvalue weighted by atomic mass is 19.4. The van der Waals surface area contributed by atoms with Crippen LogP contribution in [0.3, 0.4) is 0 Å². The van der Waals surface area contributed by atoms with Gasteiger partial charge in [-0.1, -0.05) is 12.1 Å². The number of benzene rings is 2. The average molecular weight is 422 g/mol. The minimum atomic E-state index is -4.89. The lowest BCUT2D eigenvalue weighted by atomic mass is 9.91. The molecule has 0 fully saturated rings. The van der Waals surface area contributed by atoms with E-state index in [-0.39, 0.29) is 11.4 Å². The van der Waals surface area contributed by atoms with E-state index in [2.05, 4.69) is 9.97 Å². The van der Waals surface area contributed by atoms with Gasteiger partial charge in [0.1, 0.15) is 0 Å². The fraction of sp³-hybridized carbons (Fsp3) is 0.100. The van der Waals surface area contributed by atoms with Gasteiger partial charge in [0.2, 0.25) is 0 Å². The van der Waals surface area contributed by atoms with Crippen molar-refractivity contribution < 1.29 is 26.3 Å². The van der Waals surface area contributed by atoms with Crippen molar-refractivity contribution in [1.29, 1.82) is 0 Å². The molecule has 4 aromatic rings. The van der Waals surface area contributed by atoms with Crippen LogP contribution in [0.15, 0.2) is 73.8 Å².